The van der Waals surface area contributed by atoms with E-state index in [1.54, 1.807) is 52.8 Å². The highest BCUT2D eigenvalue weighted by molar-refractivity contribution is 6.05. The number of ether oxygens (including phenoxy) is 1. The molecule has 36 heavy (non-hydrogen) atoms. The first-order valence-electron chi connectivity index (χ1n) is 11.0. The number of carbonyl (C=O) groups excluding carboxylic acids is 3. The van der Waals surface area contributed by atoms with Crippen LogP contribution in [0.3, 0.4) is 0 Å². The number of nitrogens with one attached hydrogen (secondary N) is 2. The molecule has 4 N–H and O–H groups in total. The summed E-state index contributed by atoms with van der Waals surface area (Å²) in [7, 11) is 0. The Hall–Kier alpha value is -4.27. The molecule has 0 saturated heterocycles. The van der Waals surface area contributed by atoms with Crippen LogP contribution in [0.2, 0.25) is 0 Å². The number of halogens is 2. The van der Waals surface area contributed by atoms with Gasteiger partial charge in [0.1, 0.15) is 17.1 Å². The van der Waals surface area contributed by atoms with Gasteiger partial charge in [0, 0.05) is 22.5 Å². The summed E-state index contributed by atoms with van der Waals surface area (Å²) in [5, 5.41) is 2.40. The molecule has 188 valence electrons. The van der Waals surface area contributed by atoms with Crippen molar-refractivity contribution in [2.24, 2.45) is 5.73 Å². The number of aromatic nitrogens is 1. The molecule has 3 aromatic rings. The van der Waals surface area contributed by atoms with Crippen molar-refractivity contribution in [2.45, 2.75) is 40.2 Å². The molecule has 0 unspecified atom stereocenters. The van der Waals surface area contributed by atoms with Gasteiger partial charge in [0.15, 0.2) is 5.83 Å². The van der Waals surface area contributed by atoms with E-state index in [0.717, 1.165) is 6.07 Å². The zero-order valence-electron chi connectivity index (χ0n) is 20.6. The van der Waals surface area contributed by atoms with Crippen molar-refractivity contribution in [3.05, 3.63) is 77.1 Å². The fraction of sp³-hybridized carbons (Fsp3) is 0.222. The van der Waals surface area contributed by atoms with Crippen molar-refractivity contribution in [1.29, 1.82) is 0 Å². The average molecular weight is 496 g/mol. The normalized spacial score (nSPS) is 11.2. The van der Waals surface area contributed by atoms with E-state index in [2.05, 4.69) is 16.9 Å². The van der Waals surface area contributed by atoms with Crippen molar-refractivity contribution in [1.82, 2.24) is 4.98 Å². The van der Waals surface area contributed by atoms with E-state index < -0.39 is 35.0 Å². The number of anilines is 1. The third kappa shape index (κ3) is 5.51. The monoisotopic (exact) mass is 495 g/mol. The molecular formula is C27H27F2N3O4. The summed E-state index contributed by atoms with van der Waals surface area (Å²) in [6, 6.07) is 8.83. The molecule has 0 radical (unpaired) electrons. The minimum atomic E-state index is -1.12. The molecule has 0 aliphatic heterocycles. The smallest absolute Gasteiger partial charge is 0.341 e. The lowest BCUT2D eigenvalue weighted by Gasteiger charge is -2.19. The van der Waals surface area contributed by atoms with E-state index in [0.29, 0.717) is 39.2 Å². The SMILES string of the molecule is C=C(F)C(=O)Nc1ccc(-c2c(C)[nH]c(C(N)=O)c2-c2ccc(C(=O)OC(C)(C)C)c(F)c2)c(C)c1. The maximum Gasteiger partial charge on any atom is 0.341 e. The Morgan fingerprint density at radius 2 is 1.72 bits per heavy atom. The number of esters is 1. The Labute approximate surface area is 207 Å². The maximum absolute atomic E-state index is 15.0. The first-order chi connectivity index (χ1) is 16.7. The lowest BCUT2D eigenvalue weighted by Crippen LogP contribution is -2.24. The summed E-state index contributed by atoms with van der Waals surface area (Å²) in [5.74, 6) is -4.46. The first-order valence-corrected chi connectivity index (χ1v) is 11.0. The summed E-state index contributed by atoms with van der Waals surface area (Å²) < 4.78 is 33.4. The Balaban J connectivity index is 2.13. The highest BCUT2D eigenvalue weighted by Gasteiger charge is 2.25. The maximum atomic E-state index is 15.0. The van der Waals surface area contributed by atoms with Gasteiger partial charge < -0.3 is 20.8 Å². The number of amides is 2. The zero-order valence-corrected chi connectivity index (χ0v) is 20.6. The second kappa shape index (κ2) is 9.77. The Morgan fingerprint density at radius 1 is 1.06 bits per heavy atom. The van der Waals surface area contributed by atoms with E-state index in [1.807, 2.05) is 0 Å². The van der Waals surface area contributed by atoms with Crippen molar-refractivity contribution >= 4 is 23.5 Å². The third-order valence-corrected chi connectivity index (χ3v) is 5.31. The largest absolute Gasteiger partial charge is 0.456 e. The van der Waals surface area contributed by atoms with E-state index >= 15 is 4.39 Å². The summed E-state index contributed by atoms with van der Waals surface area (Å²) in [6.45, 7) is 11.5. The molecule has 0 atom stereocenters. The number of H-pyrrole nitrogens is 1. The Kier molecular flexibility index (Phi) is 7.15. The molecule has 0 bridgehead atoms. The molecule has 1 aromatic heterocycles. The van der Waals surface area contributed by atoms with Gasteiger partial charge in [-0.2, -0.15) is 0 Å². The van der Waals surface area contributed by atoms with Crippen LogP contribution in [0.25, 0.3) is 22.3 Å². The van der Waals surface area contributed by atoms with Gasteiger partial charge in [-0.15, -0.1) is 0 Å². The van der Waals surface area contributed by atoms with Gasteiger partial charge in [0.25, 0.3) is 11.8 Å². The highest BCUT2D eigenvalue weighted by atomic mass is 19.1. The van der Waals surface area contributed by atoms with Crippen LogP contribution in [0.4, 0.5) is 14.5 Å². The molecule has 0 aliphatic rings. The van der Waals surface area contributed by atoms with Crippen LogP contribution >= 0.6 is 0 Å². The van der Waals surface area contributed by atoms with Gasteiger partial charge in [0.05, 0.1) is 5.56 Å². The summed E-state index contributed by atoms with van der Waals surface area (Å²) in [6.07, 6.45) is 0. The number of aromatic amines is 1. The molecule has 0 aliphatic carbocycles. The van der Waals surface area contributed by atoms with Crippen LogP contribution < -0.4 is 11.1 Å². The fourth-order valence-electron chi connectivity index (χ4n) is 3.83. The van der Waals surface area contributed by atoms with Crippen molar-refractivity contribution < 1.29 is 27.9 Å². The lowest BCUT2D eigenvalue weighted by molar-refractivity contribution is -0.114. The number of carbonyl (C=O) groups is 3. The number of nitrogens with two attached hydrogens (primary N) is 1. The summed E-state index contributed by atoms with van der Waals surface area (Å²) in [5.41, 5.74) is 8.18. The number of primary amides is 1. The number of hydrogen-bond donors (Lipinski definition) is 3. The van der Waals surface area contributed by atoms with Crippen molar-refractivity contribution in [3.8, 4) is 22.3 Å². The predicted molar refractivity (Wildman–Crippen MR) is 134 cm³/mol. The van der Waals surface area contributed by atoms with Gasteiger partial charge in [0.2, 0.25) is 0 Å². The number of benzene rings is 2. The molecule has 3 rings (SSSR count). The lowest BCUT2D eigenvalue weighted by atomic mass is 9.91. The van der Waals surface area contributed by atoms with E-state index in [-0.39, 0.29) is 11.3 Å². The summed E-state index contributed by atoms with van der Waals surface area (Å²) >= 11 is 0. The van der Waals surface area contributed by atoms with Crippen LogP contribution in [0.5, 0.6) is 0 Å². The molecule has 0 spiro atoms. The number of hydrogen-bond acceptors (Lipinski definition) is 4. The number of rotatable bonds is 6. The minimum absolute atomic E-state index is 0.0671. The quantitative estimate of drug-likeness (QED) is 0.306. The van der Waals surface area contributed by atoms with Crippen LogP contribution in [-0.2, 0) is 9.53 Å². The van der Waals surface area contributed by atoms with Crippen LogP contribution in [0, 0.1) is 19.7 Å². The van der Waals surface area contributed by atoms with Gasteiger partial charge in [-0.25, -0.2) is 13.6 Å². The average Bonchev–Trinajstić information content (AvgIpc) is 3.09. The molecule has 0 saturated carbocycles. The standard InChI is InChI=1S/C27H27F2N3O4/c1-13-11-17(32-25(34)14(2)28)8-10-18(13)21-15(3)31-23(24(30)33)22(21)16-7-9-19(20(29)12-16)26(35)36-27(4,5)6/h7-12,31H,2H2,1,3-6H3,(H2,30,33)(H,32,34). The van der Waals surface area contributed by atoms with Gasteiger partial charge >= 0.3 is 5.97 Å². The van der Waals surface area contributed by atoms with Gasteiger partial charge in [-0.1, -0.05) is 18.7 Å². The van der Waals surface area contributed by atoms with E-state index in [1.165, 1.54) is 12.1 Å². The van der Waals surface area contributed by atoms with Gasteiger partial charge in [-0.3, -0.25) is 9.59 Å². The van der Waals surface area contributed by atoms with E-state index in [4.69, 9.17) is 10.5 Å². The van der Waals surface area contributed by atoms with Crippen LogP contribution in [-0.4, -0.2) is 28.4 Å². The molecule has 0 fully saturated rings. The highest BCUT2D eigenvalue weighted by Crippen LogP contribution is 2.40. The molecule has 2 amide bonds. The number of aryl methyl sites for hydroxylation is 2. The zero-order chi connectivity index (χ0) is 26.9. The molecule has 9 heteroatoms. The Bertz CT molecular complexity index is 1400. The molecular weight excluding hydrogens is 468 g/mol. The fourth-order valence-corrected chi connectivity index (χ4v) is 3.83. The minimum Gasteiger partial charge on any atom is -0.456 e. The van der Waals surface area contributed by atoms with Crippen LogP contribution in [0.15, 0.2) is 48.8 Å². The second-order valence-corrected chi connectivity index (χ2v) is 9.32. The topological polar surface area (TPSA) is 114 Å². The second-order valence-electron chi connectivity index (χ2n) is 9.32. The van der Waals surface area contributed by atoms with Crippen molar-refractivity contribution in [3.63, 3.8) is 0 Å². The predicted octanol–water partition coefficient (Wildman–Crippen LogP) is 5.58. The third-order valence-electron chi connectivity index (χ3n) is 5.31. The van der Waals surface area contributed by atoms with Crippen LogP contribution in [0.1, 0.15) is 52.9 Å². The van der Waals surface area contributed by atoms with Gasteiger partial charge in [-0.05, 0) is 75.6 Å². The summed E-state index contributed by atoms with van der Waals surface area (Å²) in [4.78, 5) is 39.2. The molecule has 2 aromatic carbocycles. The van der Waals surface area contributed by atoms with E-state index in [9.17, 15) is 18.8 Å². The Morgan fingerprint density at radius 3 is 2.25 bits per heavy atom. The molecule has 1 heterocycles. The van der Waals surface area contributed by atoms with Crippen molar-refractivity contribution in [2.75, 3.05) is 5.32 Å². The molecule has 7 nitrogen and oxygen atoms in total. The first kappa shape index (κ1) is 26.3.